The third-order valence-electron chi connectivity index (χ3n) is 4.85. The molecule has 14 heteroatoms. The van der Waals surface area contributed by atoms with Crippen LogP contribution in [0.5, 0.6) is 0 Å². The van der Waals surface area contributed by atoms with E-state index in [9.17, 15) is 22.4 Å². The minimum atomic E-state index is -3.94. The number of amides is 2. The van der Waals surface area contributed by atoms with Crippen LogP contribution in [0.25, 0.3) is 0 Å². The van der Waals surface area contributed by atoms with Gasteiger partial charge in [-0.3, -0.25) is 14.9 Å². The summed E-state index contributed by atoms with van der Waals surface area (Å²) in [6.45, 7) is 0.631. The van der Waals surface area contributed by atoms with Crippen LogP contribution in [-0.4, -0.2) is 49.0 Å². The highest BCUT2D eigenvalue weighted by Gasteiger charge is 2.29. The number of anilines is 3. The number of rotatable bonds is 6. The molecule has 1 saturated heterocycles. The first-order valence-corrected chi connectivity index (χ1v) is 12.0. The molecular weight excluding hydrogens is 521 g/mol. The summed E-state index contributed by atoms with van der Waals surface area (Å²) >= 11 is 3.06. The van der Waals surface area contributed by atoms with Crippen molar-refractivity contribution in [2.75, 3.05) is 28.4 Å². The average molecular weight is 542 g/mol. The average Bonchev–Trinajstić information content (AvgIpc) is 2.76. The summed E-state index contributed by atoms with van der Waals surface area (Å²) in [4.78, 5) is 30.5. The second kappa shape index (κ2) is 10.2. The molecule has 2 aromatic rings. The smallest absolute Gasteiger partial charge is 0.321 e. The van der Waals surface area contributed by atoms with Crippen molar-refractivity contribution in [1.29, 1.82) is 5.41 Å². The molecule has 33 heavy (non-hydrogen) atoms. The van der Waals surface area contributed by atoms with Crippen LogP contribution >= 0.6 is 15.9 Å². The van der Waals surface area contributed by atoms with E-state index in [1.165, 1.54) is 41.4 Å². The number of nitrogens with two attached hydrogens (primary N) is 1. The van der Waals surface area contributed by atoms with Crippen LogP contribution in [0.4, 0.5) is 26.4 Å². The van der Waals surface area contributed by atoms with Gasteiger partial charge in [0.05, 0.1) is 16.4 Å². The summed E-state index contributed by atoms with van der Waals surface area (Å²) in [6, 6.07) is 6.52. The first-order chi connectivity index (χ1) is 15.5. The number of carbonyl (C=O) groups is 2. The predicted octanol–water partition coefficient (Wildman–Crippen LogP) is 2.50. The highest BCUT2D eigenvalue weighted by molar-refractivity contribution is 9.10. The zero-order chi connectivity index (χ0) is 24.2. The van der Waals surface area contributed by atoms with Gasteiger partial charge in [0.2, 0.25) is 5.78 Å². The molecule has 1 fully saturated rings. The van der Waals surface area contributed by atoms with Crippen LogP contribution in [0.2, 0.25) is 0 Å². The van der Waals surface area contributed by atoms with Gasteiger partial charge in [0.15, 0.2) is 5.84 Å². The Bertz CT molecular complexity index is 1170. The van der Waals surface area contributed by atoms with Crippen molar-refractivity contribution in [2.45, 2.75) is 12.8 Å². The molecule has 0 radical (unpaired) electrons. The minimum Gasteiger partial charge on any atom is -0.338 e. The number of halogens is 2. The van der Waals surface area contributed by atoms with Gasteiger partial charge in [-0.05, 0) is 59.1 Å². The number of ketones is 1. The van der Waals surface area contributed by atoms with Gasteiger partial charge in [-0.15, -0.1) is 0 Å². The molecule has 0 spiro atoms. The monoisotopic (exact) mass is 541 g/mol. The Balaban J connectivity index is 1.49. The second-order valence-electron chi connectivity index (χ2n) is 7.26. The molecule has 176 valence electrons. The first kappa shape index (κ1) is 24.5. The summed E-state index contributed by atoms with van der Waals surface area (Å²) in [7, 11) is -3.94. The van der Waals surface area contributed by atoms with E-state index >= 15 is 0 Å². The van der Waals surface area contributed by atoms with Crippen LogP contribution in [-0.2, 0) is 15.0 Å². The zero-order valence-electron chi connectivity index (χ0n) is 17.1. The Morgan fingerprint density at radius 3 is 2.39 bits per heavy atom. The number of Topliss-reactive ketones (excluding diaryl/α,β-unsaturated/α-hetero) is 1. The van der Waals surface area contributed by atoms with Crippen LogP contribution in [0.3, 0.4) is 0 Å². The second-order valence-corrected chi connectivity index (χ2v) is 9.41. The van der Waals surface area contributed by atoms with Crippen LogP contribution in [0.15, 0.2) is 41.0 Å². The normalized spacial score (nSPS) is 14.5. The third-order valence-corrected chi connectivity index (χ3v) is 5.95. The third kappa shape index (κ3) is 6.94. The summed E-state index contributed by atoms with van der Waals surface area (Å²) < 4.78 is 37.6. The predicted molar refractivity (Wildman–Crippen MR) is 125 cm³/mol. The highest BCUT2D eigenvalue weighted by atomic mass is 79.9. The van der Waals surface area contributed by atoms with E-state index < -0.39 is 21.9 Å². The van der Waals surface area contributed by atoms with E-state index in [4.69, 9.17) is 10.5 Å². The Kier molecular flexibility index (Phi) is 7.61. The van der Waals surface area contributed by atoms with Gasteiger partial charge in [0.1, 0.15) is 11.6 Å². The van der Waals surface area contributed by atoms with E-state index in [1.807, 2.05) is 4.72 Å². The van der Waals surface area contributed by atoms with Gasteiger partial charge >= 0.3 is 6.03 Å². The molecule has 6 N–H and O–H groups in total. The van der Waals surface area contributed by atoms with Gasteiger partial charge in [-0.2, -0.15) is 8.42 Å². The fourth-order valence-corrected chi connectivity index (χ4v) is 4.00. The lowest BCUT2D eigenvalue weighted by Crippen LogP contribution is -2.44. The number of amidine groups is 1. The number of hydrogen-bond donors (Lipinski definition) is 5. The highest BCUT2D eigenvalue weighted by Crippen LogP contribution is 2.22. The Morgan fingerprint density at radius 2 is 1.82 bits per heavy atom. The van der Waals surface area contributed by atoms with Gasteiger partial charge in [0, 0.05) is 24.7 Å². The molecule has 0 bridgehead atoms. The van der Waals surface area contributed by atoms with E-state index in [-0.39, 0.29) is 27.9 Å². The fourth-order valence-electron chi connectivity index (χ4n) is 3.21. The molecule has 1 aliphatic rings. The van der Waals surface area contributed by atoms with Gasteiger partial charge in [-0.1, -0.05) is 0 Å². The van der Waals surface area contributed by atoms with Crippen LogP contribution < -0.4 is 20.5 Å². The summed E-state index contributed by atoms with van der Waals surface area (Å²) in [5.74, 6) is -1.52. The van der Waals surface area contributed by atoms with Crippen molar-refractivity contribution < 1.29 is 22.4 Å². The lowest BCUT2D eigenvalue weighted by Gasteiger charge is -2.31. The van der Waals surface area contributed by atoms with Gasteiger partial charge < -0.3 is 15.5 Å². The number of nitrogens with zero attached hydrogens (tertiary/aromatic N) is 2. The molecule has 2 heterocycles. The summed E-state index contributed by atoms with van der Waals surface area (Å²) in [5.41, 5.74) is 0.770. The Labute approximate surface area is 197 Å². The molecule has 0 unspecified atom stereocenters. The molecule has 2 amide bonds. The zero-order valence-corrected chi connectivity index (χ0v) is 19.5. The number of benzene rings is 1. The number of pyridine rings is 1. The lowest BCUT2D eigenvalue weighted by molar-refractivity contribution is -0.117. The molecule has 0 aliphatic carbocycles. The molecule has 0 atom stereocenters. The maximum atomic E-state index is 13.3. The molecule has 11 nitrogen and oxygen atoms in total. The van der Waals surface area contributed by atoms with E-state index in [0.29, 0.717) is 37.3 Å². The van der Waals surface area contributed by atoms with Crippen LogP contribution in [0.1, 0.15) is 12.8 Å². The van der Waals surface area contributed by atoms with E-state index in [0.717, 1.165) is 0 Å². The maximum Gasteiger partial charge on any atom is 0.321 e. The minimum absolute atomic E-state index is 0.0129. The van der Waals surface area contributed by atoms with Crippen molar-refractivity contribution in [2.24, 2.45) is 11.1 Å². The van der Waals surface area contributed by atoms with Crippen molar-refractivity contribution in [3.05, 3.63) is 46.8 Å². The molecule has 1 aromatic heterocycles. The standard InChI is InChI=1S/C19H21BrFN7O4S/c20-14-9-12(1-3-15(14)21)25-18(22)17(29)11-5-7-28(8-6-11)19(30)26-13-2-4-16(24-10-13)27-33(23,31)32/h1-4,9-11H,5-8H2,(H2,22,25)(H,24,27)(H,26,30)(H2,23,31,32). The number of hydrogen-bond acceptors (Lipinski definition) is 6. The summed E-state index contributed by atoms with van der Waals surface area (Å²) in [6.07, 6.45) is 2.06. The van der Waals surface area contributed by atoms with Crippen molar-refractivity contribution >= 4 is 61.0 Å². The summed E-state index contributed by atoms with van der Waals surface area (Å²) in [5, 5.41) is 18.2. The number of nitrogens with one attached hydrogen (secondary N) is 4. The Morgan fingerprint density at radius 1 is 1.15 bits per heavy atom. The largest absolute Gasteiger partial charge is 0.338 e. The van der Waals surface area contributed by atoms with Gasteiger partial charge in [0.25, 0.3) is 10.2 Å². The fraction of sp³-hybridized carbons (Fsp3) is 0.263. The van der Waals surface area contributed by atoms with Crippen molar-refractivity contribution in [1.82, 2.24) is 9.88 Å². The number of aromatic nitrogens is 1. The molecular formula is C19H21BrFN7O4S. The quantitative estimate of drug-likeness (QED) is 0.277. The Hall–Kier alpha value is -3.10. The van der Waals surface area contributed by atoms with Crippen LogP contribution in [0, 0.1) is 17.1 Å². The van der Waals surface area contributed by atoms with Crippen molar-refractivity contribution in [3.63, 3.8) is 0 Å². The SMILES string of the molecule is N=C(Nc1ccc(F)c(Br)c1)C(=O)C1CCN(C(=O)Nc2ccc(NS(N)(=O)=O)nc2)CC1. The van der Waals surface area contributed by atoms with Gasteiger partial charge in [-0.25, -0.2) is 19.3 Å². The first-order valence-electron chi connectivity index (χ1n) is 9.69. The number of carbonyl (C=O) groups excluding carboxylic acids is 2. The topological polar surface area (TPSA) is 170 Å². The molecule has 1 aliphatic heterocycles. The number of piperidine rings is 1. The molecule has 3 rings (SSSR count). The molecule has 1 aromatic carbocycles. The number of urea groups is 1. The molecule has 0 saturated carbocycles. The number of likely N-dealkylation sites (tertiary alicyclic amines) is 1. The van der Waals surface area contributed by atoms with E-state index in [2.05, 4.69) is 31.5 Å². The maximum absolute atomic E-state index is 13.3. The van der Waals surface area contributed by atoms with Crippen molar-refractivity contribution in [3.8, 4) is 0 Å². The van der Waals surface area contributed by atoms with E-state index in [1.54, 1.807) is 0 Å². The lowest BCUT2D eigenvalue weighted by atomic mass is 9.92.